The molecule has 0 saturated heterocycles. The molecule has 0 saturated carbocycles. The average molecular weight is 630 g/mol. The van der Waals surface area contributed by atoms with Crippen molar-refractivity contribution in [2.45, 2.75) is 50.1 Å². The number of hydrogen-bond donors (Lipinski definition) is 2. The number of aromatic nitrogens is 3. The van der Waals surface area contributed by atoms with Crippen LogP contribution in [0.25, 0.3) is 0 Å². The van der Waals surface area contributed by atoms with Crippen LogP contribution in [0.15, 0.2) is 36.5 Å². The number of alkyl halides is 6. The third-order valence-electron chi connectivity index (χ3n) is 7.27. The number of fused-ring (bicyclic) bond motifs is 1. The Bertz CT molecular complexity index is 1490. The second-order valence-corrected chi connectivity index (χ2v) is 10.0. The van der Waals surface area contributed by atoms with Crippen molar-refractivity contribution in [3.63, 3.8) is 0 Å². The second kappa shape index (κ2) is 12.4. The van der Waals surface area contributed by atoms with Gasteiger partial charge in [0.05, 0.1) is 54.0 Å². The molecule has 44 heavy (non-hydrogen) atoms. The maximum absolute atomic E-state index is 13.6. The van der Waals surface area contributed by atoms with E-state index in [2.05, 4.69) is 15.0 Å². The number of benzene rings is 1. The van der Waals surface area contributed by atoms with Crippen molar-refractivity contribution in [3.8, 4) is 11.6 Å². The highest BCUT2D eigenvalue weighted by Gasteiger charge is 2.50. The molecule has 3 N–H and O–H groups in total. The highest BCUT2D eigenvalue weighted by atomic mass is 19.4. The number of carbonyl (C=O) groups is 1. The van der Waals surface area contributed by atoms with Gasteiger partial charge in [-0.1, -0.05) is 6.92 Å². The van der Waals surface area contributed by atoms with Crippen molar-refractivity contribution < 1.29 is 50.5 Å². The molecule has 1 amide bonds. The quantitative estimate of drug-likeness (QED) is 0.235. The van der Waals surface area contributed by atoms with Gasteiger partial charge in [-0.3, -0.25) is 4.90 Å². The van der Waals surface area contributed by atoms with Crippen LogP contribution in [0.2, 0.25) is 0 Å². The van der Waals surface area contributed by atoms with Crippen LogP contribution in [0, 0.1) is 0 Å². The lowest BCUT2D eigenvalue weighted by Gasteiger charge is -2.47. The summed E-state index contributed by atoms with van der Waals surface area (Å²) in [4.78, 5) is 26.7. The minimum atomic E-state index is -5.05. The number of pyridine rings is 1. The Morgan fingerprint density at radius 2 is 1.73 bits per heavy atom. The Kier molecular flexibility index (Phi) is 9.25. The van der Waals surface area contributed by atoms with Gasteiger partial charge in [-0.2, -0.15) is 26.3 Å². The molecular weight excluding hydrogens is 600 g/mol. The first kappa shape index (κ1) is 32.7. The number of halogens is 6. The summed E-state index contributed by atoms with van der Waals surface area (Å²) < 4.78 is 97.1. The lowest BCUT2D eigenvalue weighted by molar-refractivity contribution is -0.143. The molecule has 0 spiro atoms. The number of hydrogen-bond acceptors (Lipinski definition) is 8. The van der Waals surface area contributed by atoms with E-state index in [1.54, 1.807) is 6.92 Å². The molecule has 238 valence electrons. The second-order valence-electron chi connectivity index (χ2n) is 10.0. The SMILES string of the molecule is CCC1(N)C(c2ncc(OCCOC)c(Cc3cc(C(F)(F)F)cc(C(F)(F)F)c3)n2)Cc2nc(OC)ccc2N1C(=O)O. The molecular formula is C28H29F6N5O5. The van der Waals surface area contributed by atoms with Crippen LogP contribution in [-0.2, 0) is 29.9 Å². The molecule has 0 bridgehead atoms. The lowest BCUT2D eigenvalue weighted by Crippen LogP contribution is -2.64. The molecule has 1 aliphatic heterocycles. The van der Waals surface area contributed by atoms with Crippen molar-refractivity contribution in [2.75, 3.05) is 32.3 Å². The normalized spacial score (nSPS) is 18.6. The van der Waals surface area contributed by atoms with Crippen LogP contribution >= 0.6 is 0 Å². The molecule has 0 radical (unpaired) electrons. The summed E-state index contributed by atoms with van der Waals surface area (Å²) in [7, 11) is 2.80. The third-order valence-corrected chi connectivity index (χ3v) is 7.27. The Morgan fingerprint density at radius 3 is 2.27 bits per heavy atom. The molecule has 2 aromatic heterocycles. The summed E-state index contributed by atoms with van der Waals surface area (Å²) in [6.07, 6.45) is -10.6. The summed E-state index contributed by atoms with van der Waals surface area (Å²) in [6, 6.07) is 4.24. The monoisotopic (exact) mass is 629 g/mol. The summed E-state index contributed by atoms with van der Waals surface area (Å²) in [5.74, 6) is -0.743. The van der Waals surface area contributed by atoms with Crippen molar-refractivity contribution in [3.05, 3.63) is 70.4 Å². The van der Waals surface area contributed by atoms with E-state index in [1.807, 2.05) is 0 Å². The van der Waals surface area contributed by atoms with Crippen LogP contribution in [0.5, 0.6) is 11.6 Å². The van der Waals surface area contributed by atoms with Gasteiger partial charge in [0.1, 0.15) is 18.1 Å². The first-order valence-electron chi connectivity index (χ1n) is 13.2. The van der Waals surface area contributed by atoms with Gasteiger partial charge in [0.2, 0.25) is 5.88 Å². The minimum absolute atomic E-state index is 0.00650. The predicted molar refractivity (Wildman–Crippen MR) is 144 cm³/mol. The fraction of sp³-hybridized carbons (Fsp3) is 0.429. The Morgan fingerprint density at radius 1 is 1.07 bits per heavy atom. The van der Waals surface area contributed by atoms with Gasteiger partial charge >= 0.3 is 18.4 Å². The molecule has 4 rings (SSSR count). The third kappa shape index (κ3) is 6.65. The van der Waals surface area contributed by atoms with E-state index in [0.29, 0.717) is 17.8 Å². The minimum Gasteiger partial charge on any atom is -0.488 e. The zero-order chi connectivity index (χ0) is 32.4. The van der Waals surface area contributed by atoms with Crippen LogP contribution in [0.3, 0.4) is 0 Å². The molecule has 2 unspecified atom stereocenters. The standard InChI is InChI=1S/C28H29F6N5O5/c1-4-26(35)18(13-19-21(39(26)25(40)41)5-6-23(37-19)43-3)24-36-14-22(44-8-7-42-2)20(38-24)11-15-9-16(27(29,30)31)12-17(10-15)28(32,33)34/h5-6,9-10,12,14,18H,4,7-8,11,13,35H2,1-3H3,(H,40,41). The van der Waals surface area contributed by atoms with Crippen LogP contribution in [0.4, 0.5) is 36.8 Å². The van der Waals surface area contributed by atoms with Crippen molar-refractivity contribution in [1.82, 2.24) is 15.0 Å². The number of rotatable bonds is 9. The topological polar surface area (TPSA) is 133 Å². The number of ether oxygens (including phenoxy) is 3. The van der Waals surface area contributed by atoms with E-state index in [0.717, 1.165) is 4.90 Å². The van der Waals surface area contributed by atoms with E-state index < -0.39 is 47.6 Å². The Hall–Kier alpha value is -4.18. The number of amides is 1. The maximum Gasteiger partial charge on any atom is 0.416 e. The van der Waals surface area contributed by atoms with Gasteiger partial charge in [0.15, 0.2) is 5.75 Å². The van der Waals surface area contributed by atoms with Gasteiger partial charge < -0.3 is 25.1 Å². The molecule has 1 aromatic carbocycles. The van der Waals surface area contributed by atoms with Crippen LogP contribution in [0.1, 0.15) is 53.2 Å². The molecule has 10 nitrogen and oxygen atoms in total. The number of methoxy groups -OCH3 is 2. The summed E-state index contributed by atoms with van der Waals surface area (Å²) in [6.45, 7) is 1.76. The molecule has 16 heteroatoms. The van der Waals surface area contributed by atoms with E-state index in [4.69, 9.17) is 19.9 Å². The predicted octanol–water partition coefficient (Wildman–Crippen LogP) is 5.42. The van der Waals surface area contributed by atoms with Crippen LogP contribution < -0.4 is 20.1 Å². The highest BCUT2D eigenvalue weighted by molar-refractivity contribution is 5.89. The summed E-state index contributed by atoms with van der Waals surface area (Å²) >= 11 is 0. The molecule has 1 aliphatic rings. The largest absolute Gasteiger partial charge is 0.488 e. The van der Waals surface area contributed by atoms with E-state index >= 15 is 0 Å². The molecule has 0 aliphatic carbocycles. The lowest BCUT2D eigenvalue weighted by atomic mass is 9.80. The smallest absolute Gasteiger partial charge is 0.416 e. The first-order chi connectivity index (χ1) is 20.6. The van der Waals surface area contributed by atoms with Crippen molar-refractivity contribution in [2.24, 2.45) is 5.73 Å². The number of carboxylic acid groups (broad SMARTS) is 1. The van der Waals surface area contributed by atoms with Crippen molar-refractivity contribution >= 4 is 11.8 Å². The van der Waals surface area contributed by atoms with Gasteiger partial charge in [0, 0.05) is 26.0 Å². The number of nitrogens with zero attached hydrogens (tertiary/aromatic N) is 4. The van der Waals surface area contributed by atoms with E-state index in [-0.39, 0.29) is 66.5 Å². The molecule has 3 heterocycles. The van der Waals surface area contributed by atoms with Gasteiger partial charge in [-0.25, -0.2) is 19.7 Å². The Labute approximate surface area is 247 Å². The van der Waals surface area contributed by atoms with Gasteiger partial charge in [0.25, 0.3) is 0 Å². The number of anilines is 1. The fourth-order valence-electron chi connectivity index (χ4n) is 5.08. The zero-order valence-corrected chi connectivity index (χ0v) is 23.8. The van der Waals surface area contributed by atoms with E-state index in [9.17, 15) is 36.2 Å². The van der Waals surface area contributed by atoms with Gasteiger partial charge in [-0.05, 0) is 36.2 Å². The zero-order valence-electron chi connectivity index (χ0n) is 23.8. The molecule has 0 fully saturated rings. The fourth-order valence-corrected chi connectivity index (χ4v) is 5.08. The average Bonchev–Trinajstić information content (AvgIpc) is 2.96. The Balaban J connectivity index is 1.86. The highest BCUT2D eigenvalue weighted by Crippen LogP contribution is 2.44. The summed E-state index contributed by atoms with van der Waals surface area (Å²) in [5.41, 5.74) is 2.34. The van der Waals surface area contributed by atoms with Gasteiger partial charge in [-0.15, -0.1) is 0 Å². The summed E-state index contributed by atoms with van der Waals surface area (Å²) in [5, 5.41) is 10.2. The molecule has 3 aromatic rings. The first-order valence-corrected chi connectivity index (χ1v) is 13.2. The number of nitrogens with two attached hydrogens (primary N) is 1. The van der Waals surface area contributed by atoms with E-state index in [1.165, 1.54) is 32.5 Å². The van der Waals surface area contributed by atoms with Crippen molar-refractivity contribution in [1.29, 1.82) is 0 Å². The molecule has 2 atom stereocenters. The maximum atomic E-state index is 13.6. The van der Waals surface area contributed by atoms with Crippen LogP contribution in [-0.4, -0.2) is 59.2 Å².